The van der Waals surface area contributed by atoms with E-state index in [1.54, 1.807) is 12.1 Å². The number of thiophene rings is 1. The molecule has 20 heavy (non-hydrogen) atoms. The Balaban J connectivity index is 1.87. The number of hydrogen-bond donors (Lipinski definition) is 0. The number of amides is 1. The molecule has 1 aromatic heterocycles. The Morgan fingerprint density at radius 1 is 1.35 bits per heavy atom. The van der Waals surface area contributed by atoms with Crippen molar-refractivity contribution in [2.75, 3.05) is 11.4 Å². The molecule has 5 heteroatoms. The molecule has 0 atom stereocenters. The predicted octanol–water partition coefficient (Wildman–Crippen LogP) is 3.48. The summed E-state index contributed by atoms with van der Waals surface area (Å²) in [6.45, 7) is 2.03. The highest BCUT2D eigenvalue weighted by Gasteiger charge is 2.29. The number of fused-ring (bicyclic) bond motifs is 1. The third-order valence-corrected chi connectivity index (χ3v) is 4.57. The van der Waals surface area contributed by atoms with Crippen molar-refractivity contribution < 1.29 is 9.59 Å². The lowest BCUT2D eigenvalue weighted by atomic mass is 10.2. The maximum Gasteiger partial charge on any atom is 0.231 e. The van der Waals surface area contributed by atoms with Gasteiger partial charge in [-0.2, -0.15) is 0 Å². The van der Waals surface area contributed by atoms with Crippen LogP contribution in [0, 0.1) is 6.92 Å². The molecule has 3 nitrogen and oxygen atoms in total. The lowest BCUT2D eigenvalue weighted by Gasteiger charge is -2.16. The van der Waals surface area contributed by atoms with Gasteiger partial charge in [-0.05, 0) is 36.8 Å². The number of nitrogens with zero attached hydrogens (tertiary/aromatic N) is 1. The average molecular weight is 306 g/mol. The first-order valence-corrected chi connectivity index (χ1v) is 7.42. The SMILES string of the molecule is Cc1ccc(C(=O)CN2C(=O)Cc3ccc(Cl)cc32)s1. The third kappa shape index (κ3) is 2.37. The van der Waals surface area contributed by atoms with Crippen molar-refractivity contribution in [3.8, 4) is 0 Å². The Hall–Kier alpha value is -1.65. The van der Waals surface area contributed by atoms with Crippen LogP contribution in [0.25, 0.3) is 0 Å². The summed E-state index contributed by atoms with van der Waals surface area (Å²) in [5.41, 5.74) is 1.68. The number of aryl methyl sites for hydroxylation is 1. The van der Waals surface area contributed by atoms with E-state index in [4.69, 9.17) is 11.6 Å². The van der Waals surface area contributed by atoms with Gasteiger partial charge in [0.05, 0.1) is 17.8 Å². The Morgan fingerprint density at radius 2 is 2.15 bits per heavy atom. The van der Waals surface area contributed by atoms with Gasteiger partial charge in [0.2, 0.25) is 5.91 Å². The minimum absolute atomic E-state index is 0.0377. The molecule has 0 fully saturated rings. The number of benzene rings is 1. The molecule has 3 rings (SSSR count). The van der Waals surface area contributed by atoms with Gasteiger partial charge in [0.25, 0.3) is 0 Å². The van der Waals surface area contributed by atoms with E-state index in [1.165, 1.54) is 16.2 Å². The number of carbonyl (C=O) groups excluding carboxylic acids is 2. The van der Waals surface area contributed by atoms with Crippen LogP contribution in [0.15, 0.2) is 30.3 Å². The van der Waals surface area contributed by atoms with E-state index < -0.39 is 0 Å². The molecular weight excluding hydrogens is 294 g/mol. The molecule has 102 valence electrons. The van der Waals surface area contributed by atoms with Crippen LogP contribution in [0.2, 0.25) is 5.02 Å². The first-order valence-electron chi connectivity index (χ1n) is 6.23. The molecule has 1 amide bonds. The van der Waals surface area contributed by atoms with Gasteiger partial charge < -0.3 is 4.90 Å². The van der Waals surface area contributed by atoms with E-state index in [1.807, 2.05) is 25.1 Å². The van der Waals surface area contributed by atoms with Crippen LogP contribution in [-0.2, 0) is 11.2 Å². The normalized spacial score (nSPS) is 13.7. The third-order valence-electron chi connectivity index (χ3n) is 3.30. The van der Waals surface area contributed by atoms with Crippen molar-refractivity contribution in [3.05, 3.63) is 50.7 Å². The van der Waals surface area contributed by atoms with E-state index in [0.717, 1.165) is 16.1 Å². The van der Waals surface area contributed by atoms with Crippen LogP contribution >= 0.6 is 22.9 Å². The molecule has 0 saturated carbocycles. The number of Topliss-reactive ketones (excluding diaryl/α,β-unsaturated/α-hetero) is 1. The quantitative estimate of drug-likeness (QED) is 0.814. The van der Waals surface area contributed by atoms with E-state index in [9.17, 15) is 9.59 Å². The Morgan fingerprint density at radius 3 is 2.85 bits per heavy atom. The first kappa shape index (κ1) is 13.3. The van der Waals surface area contributed by atoms with Gasteiger partial charge >= 0.3 is 0 Å². The molecule has 1 aromatic carbocycles. The molecule has 2 heterocycles. The molecule has 0 spiro atoms. The van der Waals surface area contributed by atoms with Crippen LogP contribution in [0.1, 0.15) is 20.1 Å². The molecule has 0 N–H and O–H groups in total. The van der Waals surface area contributed by atoms with Crippen LogP contribution in [-0.4, -0.2) is 18.2 Å². The zero-order valence-electron chi connectivity index (χ0n) is 10.9. The zero-order valence-corrected chi connectivity index (χ0v) is 12.4. The first-order chi connectivity index (χ1) is 9.54. The molecule has 0 unspecified atom stereocenters. The standard InChI is InChI=1S/C15H12ClNO2S/c1-9-2-5-14(20-9)13(18)8-17-12-7-11(16)4-3-10(12)6-15(17)19/h2-5,7H,6,8H2,1H3. The lowest BCUT2D eigenvalue weighted by molar-refractivity contribution is -0.117. The molecule has 1 aliphatic heterocycles. The van der Waals surface area contributed by atoms with E-state index in [-0.39, 0.29) is 18.2 Å². The zero-order chi connectivity index (χ0) is 14.3. The highest BCUT2D eigenvalue weighted by molar-refractivity contribution is 7.14. The van der Waals surface area contributed by atoms with Crippen molar-refractivity contribution in [1.29, 1.82) is 0 Å². The summed E-state index contributed by atoms with van der Waals surface area (Å²) >= 11 is 7.42. The summed E-state index contributed by atoms with van der Waals surface area (Å²) in [5, 5.41) is 0.572. The van der Waals surface area contributed by atoms with Gasteiger partial charge in [0.15, 0.2) is 5.78 Å². The fourth-order valence-electron chi connectivity index (χ4n) is 2.31. The minimum atomic E-state index is -0.0519. The van der Waals surface area contributed by atoms with E-state index in [2.05, 4.69) is 0 Å². The van der Waals surface area contributed by atoms with Gasteiger partial charge in [0, 0.05) is 15.6 Å². The molecule has 1 aliphatic rings. The summed E-state index contributed by atoms with van der Waals surface area (Å²) in [4.78, 5) is 27.6. The van der Waals surface area contributed by atoms with Crippen LogP contribution in [0.4, 0.5) is 5.69 Å². The Kier molecular flexibility index (Phi) is 3.36. The summed E-state index contributed by atoms with van der Waals surface area (Å²) in [7, 11) is 0. The largest absolute Gasteiger partial charge is 0.304 e. The minimum Gasteiger partial charge on any atom is -0.304 e. The molecule has 2 aromatic rings. The van der Waals surface area contributed by atoms with Crippen LogP contribution in [0.3, 0.4) is 0 Å². The lowest BCUT2D eigenvalue weighted by Crippen LogP contribution is -2.32. The number of carbonyl (C=O) groups is 2. The monoisotopic (exact) mass is 305 g/mol. The topological polar surface area (TPSA) is 37.4 Å². The summed E-state index contributed by atoms with van der Waals surface area (Å²) < 4.78 is 0. The number of hydrogen-bond acceptors (Lipinski definition) is 3. The predicted molar refractivity (Wildman–Crippen MR) is 80.9 cm³/mol. The second-order valence-electron chi connectivity index (χ2n) is 4.76. The Bertz CT molecular complexity index is 708. The van der Waals surface area contributed by atoms with Crippen LogP contribution in [0.5, 0.6) is 0 Å². The van der Waals surface area contributed by atoms with Crippen molar-refractivity contribution in [3.63, 3.8) is 0 Å². The average Bonchev–Trinajstić information content (AvgIpc) is 2.95. The van der Waals surface area contributed by atoms with Crippen molar-refractivity contribution in [2.24, 2.45) is 0 Å². The second kappa shape index (κ2) is 5.04. The van der Waals surface area contributed by atoms with E-state index >= 15 is 0 Å². The number of halogens is 1. The van der Waals surface area contributed by atoms with Gasteiger partial charge in [0.1, 0.15) is 0 Å². The Labute approximate surface area is 125 Å². The molecule has 0 radical (unpaired) electrons. The maximum absolute atomic E-state index is 12.2. The number of rotatable bonds is 3. The summed E-state index contributed by atoms with van der Waals surface area (Å²) in [6.07, 6.45) is 0.337. The molecule has 0 saturated heterocycles. The summed E-state index contributed by atoms with van der Waals surface area (Å²) in [5.74, 6) is -0.0897. The van der Waals surface area contributed by atoms with Crippen molar-refractivity contribution >= 4 is 40.3 Å². The van der Waals surface area contributed by atoms with E-state index in [0.29, 0.717) is 16.3 Å². The molecule has 0 aliphatic carbocycles. The number of anilines is 1. The van der Waals surface area contributed by atoms with Gasteiger partial charge in [-0.15, -0.1) is 11.3 Å². The fraction of sp³-hybridized carbons (Fsp3) is 0.200. The van der Waals surface area contributed by atoms with Gasteiger partial charge in [-0.1, -0.05) is 17.7 Å². The smallest absolute Gasteiger partial charge is 0.231 e. The van der Waals surface area contributed by atoms with Crippen molar-refractivity contribution in [2.45, 2.75) is 13.3 Å². The van der Waals surface area contributed by atoms with Crippen molar-refractivity contribution in [1.82, 2.24) is 0 Å². The second-order valence-corrected chi connectivity index (χ2v) is 6.49. The maximum atomic E-state index is 12.2. The number of ketones is 1. The van der Waals surface area contributed by atoms with Crippen LogP contribution < -0.4 is 4.90 Å². The highest BCUT2D eigenvalue weighted by atomic mass is 35.5. The fourth-order valence-corrected chi connectivity index (χ4v) is 3.27. The van der Waals surface area contributed by atoms with Gasteiger partial charge in [-0.25, -0.2) is 0 Å². The highest BCUT2D eigenvalue weighted by Crippen LogP contribution is 2.31. The molecule has 0 bridgehead atoms. The summed E-state index contributed by atoms with van der Waals surface area (Å²) in [6, 6.07) is 9.07. The molecular formula is C15H12ClNO2S. The van der Waals surface area contributed by atoms with Gasteiger partial charge in [-0.3, -0.25) is 9.59 Å².